The van der Waals surface area contributed by atoms with Crippen LogP contribution >= 0.6 is 24.0 Å². The van der Waals surface area contributed by atoms with Crippen LogP contribution in [0.5, 0.6) is 0 Å². The molecule has 0 fully saturated rings. The molecule has 0 unspecified atom stereocenters. The molecule has 0 saturated carbocycles. The molecule has 20 heavy (non-hydrogen) atoms. The first-order valence-corrected chi connectivity index (χ1v) is 6.43. The van der Waals surface area contributed by atoms with Gasteiger partial charge in [0.1, 0.15) is 0 Å². The summed E-state index contributed by atoms with van der Waals surface area (Å²) in [5, 5.41) is 15.4. The van der Waals surface area contributed by atoms with Crippen molar-refractivity contribution in [1.82, 2.24) is 10.6 Å². The summed E-state index contributed by atoms with van der Waals surface area (Å²) in [6.07, 6.45) is 6.48. The second-order valence-electron chi connectivity index (χ2n) is 4.52. The van der Waals surface area contributed by atoms with Gasteiger partial charge in [0.15, 0.2) is 5.96 Å². The Labute approximate surface area is 137 Å². The van der Waals surface area contributed by atoms with E-state index in [0.717, 1.165) is 24.4 Å². The zero-order chi connectivity index (χ0) is 13.5. The molecule has 1 aromatic carbocycles. The minimum atomic E-state index is 0. The predicted molar refractivity (Wildman–Crippen MR) is 92.1 cm³/mol. The van der Waals surface area contributed by atoms with Gasteiger partial charge in [-0.15, -0.1) is 24.0 Å². The number of halogens is 1. The topological polar surface area (TPSA) is 60.2 Å². The lowest BCUT2D eigenvalue weighted by Crippen LogP contribution is -2.42. The smallest absolute Gasteiger partial charge is 0.191 e. The van der Waals surface area contributed by atoms with Gasteiger partial charge in [0.05, 0.1) is 11.6 Å². The van der Waals surface area contributed by atoms with Gasteiger partial charge in [-0.1, -0.05) is 24.3 Å². The highest BCUT2D eigenvalue weighted by atomic mass is 127. The largest absolute Gasteiger partial charge is 0.353 e. The van der Waals surface area contributed by atoms with Gasteiger partial charge in [0.25, 0.3) is 0 Å². The minimum absolute atomic E-state index is 0. The third kappa shape index (κ3) is 4.85. The van der Waals surface area contributed by atoms with Gasteiger partial charge in [-0.05, 0) is 30.5 Å². The van der Waals surface area contributed by atoms with Crippen LogP contribution in [0.2, 0.25) is 0 Å². The maximum atomic E-state index is 8.74. The Morgan fingerprint density at radius 3 is 2.50 bits per heavy atom. The van der Waals surface area contributed by atoms with Gasteiger partial charge in [-0.25, -0.2) is 0 Å². The molecule has 0 aromatic heterocycles. The normalized spacial score (nSPS) is 14.5. The highest BCUT2D eigenvalue weighted by Gasteiger charge is 2.11. The predicted octanol–water partition coefficient (Wildman–Crippen LogP) is 2.56. The summed E-state index contributed by atoms with van der Waals surface area (Å²) in [6, 6.07) is 10.1. The van der Waals surface area contributed by atoms with E-state index in [1.54, 1.807) is 7.05 Å². The Morgan fingerprint density at radius 1 is 1.30 bits per heavy atom. The molecule has 5 heteroatoms. The number of hydrogen-bond acceptors (Lipinski definition) is 2. The van der Waals surface area contributed by atoms with Crippen LogP contribution in [0.1, 0.15) is 24.0 Å². The molecule has 0 bridgehead atoms. The molecule has 0 heterocycles. The summed E-state index contributed by atoms with van der Waals surface area (Å²) in [4.78, 5) is 4.21. The molecule has 1 aliphatic rings. The molecular weight excluding hydrogens is 363 g/mol. The van der Waals surface area contributed by atoms with Gasteiger partial charge in [-0.3, -0.25) is 4.99 Å². The Hall–Kier alpha value is -1.55. The third-order valence-corrected chi connectivity index (χ3v) is 3.12. The van der Waals surface area contributed by atoms with E-state index in [0.29, 0.717) is 18.2 Å². The van der Waals surface area contributed by atoms with Crippen molar-refractivity contribution in [1.29, 1.82) is 5.26 Å². The molecule has 4 nitrogen and oxygen atoms in total. The second-order valence-corrected chi connectivity index (χ2v) is 4.52. The fourth-order valence-electron chi connectivity index (χ4n) is 2.01. The summed E-state index contributed by atoms with van der Waals surface area (Å²) >= 11 is 0. The van der Waals surface area contributed by atoms with E-state index in [4.69, 9.17) is 5.26 Å². The van der Waals surface area contributed by atoms with Crippen LogP contribution in [0, 0.1) is 11.3 Å². The fraction of sp³-hybridized carbons (Fsp3) is 0.333. The van der Waals surface area contributed by atoms with Crippen molar-refractivity contribution in [3.63, 3.8) is 0 Å². The number of nitrogens with one attached hydrogen (secondary N) is 2. The molecule has 2 rings (SSSR count). The molecule has 0 atom stereocenters. The Bertz CT molecular complexity index is 506. The average Bonchev–Trinajstić information content (AvgIpc) is 2.97. The molecule has 106 valence electrons. The Kier molecular flexibility index (Phi) is 7.09. The molecule has 0 saturated heterocycles. The van der Waals surface area contributed by atoms with Crippen LogP contribution in [-0.2, 0) is 6.54 Å². The monoisotopic (exact) mass is 382 g/mol. The number of benzene rings is 1. The molecule has 2 N–H and O–H groups in total. The first-order valence-electron chi connectivity index (χ1n) is 6.43. The summed E-state index contributed by atoms with van der Waals surface area (Å²) in [7, 11) is 1.77. The van der Waals surface area contributed by atoms with Gasteiger partial charge in [0, 0.05) is 19.6 Å². The van der Waals surface area contributed by atoms with Gasteiger partial charge >= 0.3 is 0 Å². The number of nitrogens with zero attached hydrogens (tertiary/aromatic N) is 2. The van der Waals surface area contributed by atoms with Gasteiger partial charge in [-0.2, -0.15) is 5.26 Å². The van der Waals surface area contributed by atoms with Crippen molar-refractivity contribution in [3.8, 4) is 6.07 Å². The highest BCUT2D eigenvalue weighted by Crippen LogP contribution is 2.08. The summed E-state index contributed by atoms with van der Waals surface area (Å²) in [5.74, 6) is 0.818. The molecule has 1 aromatic rings. The van der Waals surface area contributed by atoms with E-state index < -0.39 is 0 Å². The van der Waals surface area contributed by atoms with E-state index >= 15 is 0 Å². The number of hydrogen-bond donors (Lipinski definition) is 2. The molecule has 0 spiro atoms. The van der Waals surface area contributed by atoms with Crippen molar-refractivity contribution >= 4 is 29.9 Å². The lowest BCUT2D eigenvalue weighted by atomic mass is 10.1. The summed E-state index contributed by atoms with van der Waals surface area (Å²) < 4.78 is 0. The number of guanidine groups is 1. The first kappa shape index (κ1) is 16.5. The van der Waals surface area contributed by atoms with Gasteiger partial charge in [0.2, 0.25) is 0 Å². The van der Waals surface area contributed by atoms with Crippen LogP contribution in [0.25, 0.3) is 0 Å². The third-order valence-electron chi connectivity index (χ3n) is 3.12. The van der Waals surface area contributed by atoms with E-state index in [1.165, 1.54) is 0 Å². The number of rotatable bonds is 3. The van der Waals surface area contributed by atoms with Crippen molar-refractivity contribution < 1.29 is 0 Å². The molecule has 1 aliphatic carbocycles. The maximum absolute atomic E-state index is 8.74. The zero-order valence-electron chi connectivity index (χ0n) is 11.5. The fourth-order valence-corrected chi connectivity index (χ4v) is 2.01. The van der Waals surface area contributed by atoms with Crippen molar-refractivity contribution in [2.45, 2.75) is 25.4 Å². The Balaban J connectivity index is 0.00000200. The minimum Gasteiger partial charge on any atom is -0.353 e. The van der Waals surface area contributed by atoms with E-state index in [2.05, 4.69) is 33.8 Å². The van der Waals surface area contributed by atoms with Crippen molar-refractivity contribution in [2.75, 3.05) is 7.05 Å². The lowest BCUT2D eigenvalue weighted by molar-refractivity contribution is 0.633. The first-order chi connectivity index (χ1) is 9.31. The highest BCUT2D eigenvalue weighted by molar-refractivity contribution is 14.0. The maximum Gasteiger partial charge on any atom is 0.191 e. The van der Waals surface area contributed by atoms with E-state index in [9.17, 15) is 0 Å². The molecule has 0 amide bonds. The molecule has 0 aliphatic heterocycles. The summed E-state index contributed by atoms with van der Waals surface area (Å²) in [6.45, 7) is 0.700. The average molecular weight is 382 g/mol. The standard InChI is InChI=1S/C15H18N4.HI/c1-17-15(19-14-4-2-3-5-14)18-11-13-8-6-12(10-16)7-9-13;/h2-3,6-9,14H,4-5,11H2,1H3,(H2,17,18,19);1H. The van der Waals surface area contributed by atoms with E-state index in [1.807, 2.05) is 24.3 Å². The van der Waals surface area contributed by atoms with Crippen LogP contribution in [0.4, 0.5) is 0 Å². The Morgan fingerprint density at radius 2 is 1.95 bits per heavy atom. The SMILES string of the molecule is CN=C(NCc1ccc(C#N)cc1)NC1CC=CC1.I. The quantitative estimate of drug-likeness (QED) is 0.366. The van der Waals surface area contributed by atoms with Gasteiger partial charge < -0.3 is 10.6 Å². The molecule has 0 radical (unpaired) electrons. The van der Waals surface area contributed by atoms with Crippen molar-refractivity contribution in [3.05, 3.63) is 47.5 Å². The second kappa shape index (κ2) is 8.59. The van der Waals surface area contributed by atoms with Crippen LogP contribution in [-0.4, -0.2) is 19.0 Å². The van der Waals surface area contributed by atoms with Crippen molar-refractivity contribution in [2.24, 2.45) is 4.99 Å². The van der Waals surface area contributed by atoms with Crippen LogP contribution < -0.4 is 10.6 Å². The zero-order valence-corrected chi connectivity index (χ0v) is 13.8. The molecular formula is C15H19IN4. The van der Waals surface area contributed by atoms with Crippen LogP contribution in [0.15, 0.2) is 41.4 Å². The lowest BCUT2D eigenvalue weighted by Gasteiger charge is -2.16. The number of nitriles is 1. The summed E-state index contributed by atoms with van der Waals surface area (Å²) in [5.41, 5.74) is 1.81. The van der Waals surface area contributed by atoms with E-state index in [-0.39, 0.29) is 24.0 Å². The van der Waals surface area contributed by atoms with Crippen LogP contribution in [0.3, 0.4) is 0 Å². The number of aliphatic imine (C=N–C) groups is 1.